The summed E-state index contributed by atoms with van der Waals surface area (Å²) in [5.74, 6) is -1.47. The van der Waals surface area contributed by atoms with Gasteiger partial charge in [0, 0.05) is 6.04 Å². The second kappa shape index (κ2) is 8.33. The summed E-state index contributed by atoms with van der Waals surface area (Å²) >= 11 is 11.9. The third kappa shape index (κ3) is 4.05. The number of nitrogens with zero attached hydrogens (tertiary/aromatic N) is 1. The maximum atomic E-state index is 12.6. The number of benzene rings is 2. The van der Waals surface area contributed by atoms with Gasteiger partial charge in [0.15, 0.2) is 0 Å². The Morgan fingerprint density at radius 3 is 2.07 bits per heavy atom. The molecule has 28 heavy (non-hydrogen) atoms. The average molecular weight is 419 g/mol. The Bertz CT molecular complexity index is 890. The first kappa shape index (κ1) is 20.4. The van der Waals surface area contributed by atoms with Crippen molar-refractivity contribution in [3.8, 4) is 0 Å². The molecule has 0 spiro atoms. The van der Waals surface area contributed by atoms with Gasteiger partial charge < -0.3 is 5.32 Å². The molecule has 146 valence electrons. The minimum Gasteiger partial charge on any atom is -0.352 e. The van der Waals surface area contributed by atoms with Crippen molar-refractivity contribution in [3.63, 3.8) is 0 Å². The number of nitrogens with one attached hydrogen (secondary N) is 1. The second-order valence-electron chi connectivity index (χ2n) is 6.90. The maximum Gasteiger partial charge on any atom is 0.262 e. The molecule has 0 aromatic heterocycles. The molecule has 5 nitrogen and oxygen atoms in total. The van der Waals surface area contributed by atoms with Crippen LogP contribution >= 0.6 is 23.2 Å². The number of fused-ring (bicyclic) bond motifs is 1. The van der Waals surface area contributed by atoms with Crippen LogP contribution in [0.2, 0.25) is 10.0 Å². The predicted molar refractivity (Wildman–Crippen MR) is 109 cm³/mol. The average Bonchev–Trinajstić information content (AvgIpc) is 2.91. The van der Waals surface area contributed by atoms with E-state index < -0.39 is 17.9 Å². The van der Waals surface area contributed by atoms with E-state index >= 15 is 0 Å². The van der Waals surface area contributed by atoms with Gasteiger partial charge in [0.05, 0.1) is 21.2 Å². The molecule has 1 heterocycles. The molecule has 2 aromatic rings. The van der Waals surface area contributed by atoms with Crippen LogP contribution < -0.4 is 5.32 Å². The summed E-state index contributed by atoms with van der Waals surface area (Å²) in [6.45, 7) is 3.43. The van der Waals surface area contributed by atoms with Gasteiger partial charge in [0.1, 0.15) is 6.04 Å². The molecule has 1 aliphatic heterocycles. The fourth-order valence-corrected chi connectivity index (χ4v) is 3.51. The molecule has 2 atom stereocenters. The highest BCUT2D eigenvalue weighted by Crippen LogP contribution is 2.32. The Morgan fingerprint density at radius 2 is 1.54 bits per heavy atom. The summed E-state index contributed by atoms with van der Waals surface area (Å²) in [5.41, 5.74) is 1.51. The molecule has 3 amide bonds. The van der Waals surface area contributed by atoms with Crippen molar-refractivity contribution >= 4 is 40.9 Å². The largest absolute Gasteiger partial charge is 0.352 e. The van der Waals surface area contributed by atoms with Crippen LogP contribution in [0.1, 0.15) is 46.5 Å². The van der Waals surface area contributed by atoms with Crippen LogP contribution in [0.3, 0.4) is 0 Å². The lowest BCUT2D eigenvalue weighted by atomic mass is 10.1. The van der Waals surface area contributed by atoms with E-state index in [4.69, 9.17) is 23.2 Å². The molecule has 7 heteroatoms. The predicted octanol–water partition coefficient (Wildman–Crippen LogP) is 4.12. The zero-order chi connectivity index (χ0) is 20.4. The van der Waals surface area contributed by atoms with E-state index in [-0.39, 0.29) is 33.1 Å². The van der Waals surface area contributed by atoms with Crippen LogP contribution in [-0.4, -0.2) is 34.7 Å². The monoisotopic (exact) mass is 418 g/mol. The number of carbonyl (C=O) groups is 3. The first-order valence-corrected chi connectivity index (χ1v) is 9.76. The zero-order valence-electron chi connectivity index (χ0n) is 15.5. The van der Waals surface area contributed by atoms with Crippen molar-refractivity contribution < 1.29 is 14.4 Å². The minimum atomic E-state index is -0.941. The molecule has 3 rings (SSSR count). The van der Waals surface area contributed by atoms with Gasteiger partial charge in [-0.05, 0) is 44.4 Å². The molecule has 1 N–H and O–H groups in total. The topological polar surface area (TPSA) is 66.5 Å². The lowest BCUT2D eigenvalue weighted by Crippen LogP contribution is -2.49. The third-order valence-corrected chi connectivity index (χ3v) is 5.55. The molecule has 0 saturated heterocycles. The molecule has 1 aliphatic rings. The molecule has 0 bridgehead atoms. The lowest BCUT2D eigenvalue weighted by Gasteiger charge is -2.24. The molecule has 2 aromatic carbocycles. The SMILES string of the molecule is CC(CCc1ccccc1)NC(=O)C(C)N1C(=O)c2cc(Cl)c(Cl)cc2C1=O. The molecule has 0 radical (unpaired) electrons. The quantitative estimate of drug-likeness (QED) is 0.717. The Balaban J connectivity index is 1.65. The van der Waals surface area contributed by atoms with Crippen molar-refractivity contribution in [2.24, 2.45) is 0 Å². The smallest absolute Gasteiger partial charge is 0.262 e. The van der Waals surface area contributed by atoms with Crippen LogP contribution in [0.15, 0.2) is 42.5 Å². The van der Waals surface area contributed by atoms with E-state index in [1.165, 1.54) is 24.6 Å². The lowest BCUT2D eigenvalue weighted by molar-refractivity contribution is -0.125. The molecular formula is C21H20Cl2N2O3. The second-order valence-corrected chi connectivity index (χ2v) is 7.72. The van der Waals surface area contributed by atoms with Crippen molar-refractivity contribution in [1.29, 1.82) is 0 Å². The fraction of sp³-hybridized carbons (Fsp3) is 0.286. The van der Waals surface area contributed by atoms with Crippen LogP contribution in [0.5, 0.6) is 0 Å². The summed E-state index contributed by atoms with van der Waals surface area (Å²) in [6.07, 6.45) is 1.57. The number of hydrogen-bond acceptors (Lipinski definition) is 3. The standard InChI is InChI=1S/C21H20Cl2N2O3/c1-12(8-9-14-6-4-3-5-7-14)24-19(26)13(2)25-20(27)15-10-17(22)18(23)11-16(15)21(25)28/h3-7,10-13H,8-9H2,1-2H3,(H,24,26). The van der Waals surface area contributed by atoms with E-state index in [9.17, 15) is 14.4 Å². The highest BCUT2D eigenvalue weighted by Gasteiger charge is 2.41. The highest BCUT2D eigenvalue weighted by atomic mass is 35.5. The molecular weight excluding hydrogens is 399 g/mol. The highest BCUT2D eigenvalue weighted by molar-refractivity contribution is 6.43. The Kier molecular flexibility index (Phi) is 6.06. The Labute approximate surface area is 173 Å². The molecule has 0 fully saturated rings. The number of halogens is 2. The summed E-state index contributed by atoms with van der Waals surface area (Å²) in [7, 11) is 0. The van der Waals surface area contributed by atoms with E-state index in [1.807, 2.05) is 37.3 Å². The third-order valence-electron chi connectivity index (χ3n) is 4.82. The summed E-state index contributed by atoms with van der Waals surface area (Å²) in [6, 6.07) is 11.7. The van der Waals surface area contributed by atoms with Gasteiger partial charge in [-0.3, -0.25) is 19.3 Å². The number of amides is 3. The number of hydrogen-bond donors (Lipinski definition) is 1. The van der Waals surface area contributed by atoms with Gasteiger partial charge in [-0.2, -0.15) is 0 Å². The first-order valence-electron chi connectivity index (χ1n) is 9.00. The van der Waals surface area contributed by atoms with Crippen LogP contribution in [0.4, 0.5) is 0 Å². The summed E-state index contributed by atoms with van der Waals surface area (Å²) in [4.78, 5) is 38.8. The van der Waals surface area contributed by atoms with Crippen molar-refractivity contribution in [2.75, 3.05) is 0 Å². The number of aryl methyl sites for hydroxylation is 1. The van der Waals surface area contributed by atoms with E-state index in [1.54, 1.807) is 0 Å². The number of imide groups is 1. The molecule has 2 unspecified atom stereocenters. The Hall–Kier alpha value is -2.37. The van der Waals surface area contributed by atoms with E-state index in [0.717, 1.165) is 17.7 Å². The van der Waals surface area contributed by atoms with Gasteiger partial charge in [0.2, 0.25) is 5.91 Å². The van der Waals surface area contributed by atoms with Crippen molar-refractivity contribution in [3.05, 3.63) is 69.2 Å². The number of carbonyl (C=O) groups excluding carboxylic acids is 3. The molecule has 0 saturated carbocycles. The maximum absolute atomic E-state index is 12.6. The normalized spacial score (nSPS) is 15.4. The summed E-state index contributed by atoms with van der Waals surface area (Å²) < 4.78 is 0. The Morgan fingerprint density at radius 1 is 1.00 bits per heavy atom. The summed E-state index contributed by atoms with van der Waals surface area (Å²) in [5, 5.41) is 3.26. The zero-order valence-corrected chi connectivity index (χ0v) is 17.1. The van der Waals surface area contributed by atoms with Crippen LogP contribution in [0, 0.1) is 0 Å². The van der Waals surface area contributed by atoms with Crippen LogP contribution in [0.25, 0.3) is 0 Å². The van der Waals surface area contributed by atoms with E-state index in [0.29, 0.717) is 0 Å². The van der Waals surface area contributed by atoms with Crippen LogP contribution in [-0.2, 0) is 11.2 Å². The molecule has 0 aliphatic carbocycles. The van der Waals surface area contributed by atoms with Gasteiger partial charge in [0.25, 0.3) is 11.8 Å². The van der Waals surface area contributed by atoms with Gasteiger partial charge in [-0.25, -0.2) is 0 Å². The van der Waals surface area contributed by atoms with Crippen molar-refractivity contribution in [2.45, 2.75) is 38.8 Å². The minimum absolute atomic E-state index is 0.103. The van der Waals surface area contributed by atoms with Gasteiger partial charge in [-0.1, -0.05) is 53.5 Å². The van der Waals surface area contributed by atoms with Gasteiger partial charge in [-0.15, -0.1) is 0 Å². The number of rotatable bonds is 6. The van der Waals surface area contributed by atoms with Crippen molar-refractivity contribution in [1.82, 2.24) is 10.2 Å². The first-order chi connectivity index (χ1) is 13.3. The fourth-order valence-electron chi connectivity index (χ4n) is 3.18. The van der Waals surface area contributed by atoms with E-state index in [2.05, 4.69) is 5.32 Å². The van der Waals surface area contributed by atoms with Gasteiger partial charge >= 0.3 is 0 Å².